The van der Waals surface area contributed by atoms with E-state index in [1.165, 1.54) is 21.9 Å². The number of aromatic carboxylic acids is 1. The number of carboxylic acid groups (broad SMARTS) is 1. The number of aryl methyl sites for hydroxylation is 1. The third-order valence-corrected chi connectivity index (χ3v) is 8.11. The van der Waals surface area contributed by atoms with Crippen molar-refractivity contribution < 1.29 is 15.0 Å². The van der Waals surface area contributed by atoms with Gasteiger partial charge in [0.2, 0.25) is 0 Å². The SMILES string of the molecule is Cc1[nH]n(-c2ccc3c(c2)C(C)(C)CC3(C)C)c(=O)c1N=Nc1cccc(-c2ccc(C(=O)O)s2)c1O. The molecule has 0 spiro atoms. The second kappa shape index (κ2) is 8.55. The quantitative estimate of drug-likeness (QED) is 0.248. The van der Waals surface area contributed by atoms with Crippen LogP contribution in [0.2, 0.25) is 0 Å². The molecule has 9 heteroatoms. The van der Waals surface area contributed by atoms with Crippen LogP contribution in [0.1, 0.15) is 60.6 Å². The summed E-state index contributed by atoms with van der Waals surface area (Å²) in [6.45, 7) is 10.7. The summed E-state index contributed by atoms with van der Waals surface area (Å²) < 4.78 is 1.47. The number of phenolic OH excluding ortho intramolecular Hbond substituents is 1. The van der Waals surface area contributed by atoms with Gasteiger partial charge in [0, 0.05) is 10.4 Å². The standard InChI is InChI=1S/C28H28N4O4S/c1-15-23(30-29-20-8-6-7-17(24(20)33)21-11-12-22(37-21)26(35)36)25(34)32(31-15)16-9-10-18-19(13-16)28(4,5)14-27(18,2)3/h6-13,31,33H,14H2,1-5H3,(H,35,36). The molecule has 5 rings (SSSR count). The molecule has 2 aromatic heterocycles. The number of nitrogens with one attached hydrogen (secondary N) is 1. The Balaban J connectivity index is 1.50. The molecule has 0 atom stereocenters. The molecular formula is C28H28N4O4S. The fraction of sp³-hybridized carbons (Fsp3) is 0.286. The fourth-order valence-electron chi connectivity index (χ4n) is 5.47. The van der Waals surface area contributed by atoms with Crippen molar-refractivity contribution in [2.24, 2.45) is 10.2 Å². The van der Waals surface area contributed by atoms with Gasteiger partial charge in [-0.25, -0.2) is 9.48 Å². The van der Waals surface area contributed by atoms with Crippen LogP contribution < -0.4 is 5.56 Å². The van der Waals surface area contributed by atoms with Crippen molar-refractivity contribution in [3.63, 3.8) is 0 Å². The van der Waals surface area contributed by atoms with Crippen molar-refractivity contribution in [1.82, 2.24) is 9.78 Å². The van der Waals surface area contributed by atoms with Crippen molar-refractivity contribution in [2.45, 2.75) is 51.9 Å². The first-order valence-electron chi connectivity index (χ1n) is 11.9. The van der Waals surface area contributed by atoms with Crippen LogP contribution in [0.4, 0.5) is 11.4 Å². The molecular weight excluding hydrogens is 488 g/mol. The molecule has 0 saturated heterocycles. The zero-order valence-corrected chi connectivity index (χ0v) is 22.1. The Morgan fingerprint density at radius 2 is 1.76 bits per heavy atom. The number of azo groups is 1. The third-order valence-electron chi connectivity index (χ3n) is 7.00. The predicted octanol–water partition coefficient (Wildman–Crippen LogP) is 6.98. The molecule has 190 valence electrons. The summed E-state index contributed by atoms with van der Waals surface area (Å²) in [5.41, 5.74) is 4.32. The van der Waals surface area contributed by atoms with Gasteiger partial charge in [-0.3, -0.25) is 9.89 Å². The van der Waals surface area contributed by atoms with Crippen LogP contribution >= 0.6 is 11.3 Å². The number of nitrogens with zero attached hydrogens (tertiary/aromatic N) is 3. The minimum atomic E-state index is -1.03. The number of benzene rings is 2. The zero-order chi connectivity index (χ0) is 26.7. The molecule has 4 aromatic rings. The minimum Gasteiger partial charge on any atom is -0.505 e. The Hall–Kier alpha value is -3.98. The van der Waals surface area contributed by atoms with Gasteiger partial charge in [0.1, 0.15) is 10.6 Å². The van der Waals surface area contributed by atoms with E-state index in [1.54, 1.807) is 31.2 Å². The summed E-state index contributed by atoms with van der Waals surface area (Å²) in [7, 11) is 0. The van der Waals surface area contributed by atoms with Crippen LogP contribution in [0.25, 0.3) is 16.1 Å². The molecule has 8 nitrogen and oxygen atoms in total. The smallest absolute Gasteiger partial charge is 0.345 e. The molecule has 2 heterocycles. The molecule has 37 heavy (non-hydrogen) atoms. The number of phenols is 1. The van der Waals surface area contributed by atoms with E-state index < -0.39 is 5.97 Å². The van der Waals surface area contributed by atoms with Crippen molar-refractivity contribution in [2.75, 3.05) is 0 Å². The van der Waals surface area contributed by atoms with Crippen LogP contribution in [0.3, 0.4) is 0 Å². The lowest BCUT2D eigenvalue weighted by Crippen LogP contribution is -2.18. The van der Waals surface area contributed by atoms with Crippen molar-refractivity contribution in [3.05, 3.63) is 80.6 Å². The van der Waals surface area contributed by atoms with Crippen molar-refractivity contribution in [1.29, 1.82) is 0 Å². The Morgan fingerprint density at radius 3 is 2.46 bits per heavy atom. The molecule has 0 fully saturated rings. The Kier molecular flexibility index (Phi) is 5.71. The lowest BCUT2D eigenvalue weighted by atomic mass is 9.82. The first kappa shape index (κ1) is 24.7. The van der Waals surface area contributed by atoms with Gasteiger partial charge in [-0.15, -0.1) is 21.6 Å². The van der Waals surface area contributed by atoms with Gasteiger partial charge in [0.25, 0.3) is 5.56 Å². The molecule has 0 unspecified atom stereocenters. The van der Waals surface area contributed by atoms with Crippen molar-refractivity contribution in [3.8, 4) is 21.9 Å². The van der Waals surface area contributed by atoms with E-state index in [4.69, 9.17) is 0 Å². The lowest BCUT2D eigenvalue weighted by Gasteiger charge is -2.22. The summed E-state index contributed by atoms with van der Waals surface area (Å²) >= 11 is 1.06. The number of hydrogen-bond donors (Lipinski definition) is 3. The number of carbonyl (C=O) groups is 1. The monoisotopic (exact) mass is 516 g/mol. The number of H-pyrrole nitrogens is 1. The summed E-state index contributed by atoms with van der Waals surface area (Å²) in [6.07, 6.45) is 1.03. The largest absolute Gasteiger partial charge is 0.505 e. The van der Waals surface area contributed by atoms with E-state index in [-0.39, 0.29) is 38.4 Å². The highest BCUT2D eigenvalue weighted by atomic mass is 32.1. The van der Waals surface area contributed by atoms with Gasteiger partial charge in [-0.2, -0.15) is 0 Å². The molecule has 0 amide bonds. The van der Waals surface area contributed by atoms with Gasteiger partial charge in [0.05, 0.1) is 11.4 Å². The maximum absolute atomic E-state index is 13.3. The number of rotatable bonds is 5. The van der Waals surface area contributed by atoms with E-state index in [1.807, 2.05) is 6.07 Å². The first-order chi connectivity index (χ1) is 17.4. The Bertz CT molecular complexity index is 1640. The molecule has 3 N–H and O–H groups in total. The van der Waals surface area contributed by atoms with Crippen LogP contribution in [-0.4, -0.2) is 26.0 Å². The normalized spacial score (nSPS) is 15.8. The molecule has 0 saturated carbocycles. The van der Waals surface area contributed by atoms with Gasteiger partial charge in [0.15, 0.2) is 11.4 Å². The molecule has 1 aliphatic carbocycles. The average Bonchev–Trinajstić information content (AvgIpc) is 3.47. The minimum absolute atomic E-state index is 0.00103. The van der Waals surface area contributed by atoms with Crippen LogP contribution in [0.15, 0.2) is 63.6 Å². The molecule has 1 aliphatic rings. The topological polar surface area (TPSA) is 120 Å². The lowest BCUT2D eigenvalue weighted by molar-refractivity contribution is 0.0702. The van der Waals surface area contributed by atoms with E-state index in [0.717, 1.165) is 23.4 Å². The number of para-hydroxylation sites is 1. The average molecular weight is 517 g/mol. The van der Waals surface area contributed by atoms with E-state index in [2.05, 4.69) is 55.2 Å². The number of carboxylic acids is 1. The summed E-state index contributed by atoms with van der Waals surface area (Å²) in [6, 6.07) is 14.2. The number of aromatic amines is 1. The molecule has 0 aliphatic heterocycles. The number of thiophene rings is 1. The Morgan fingerprint density at radius 1 is 1.03 bits per heavy atom. The molecule has 2 aromatic carbocycles. The summed E-state index contributed by atoms with van der Waals surface area (Å²) in [5.74, 6) is -1.16. The van der Waals surface area contributed by atoms with Crippen molar-refractivity contribution >= 4 is 28.7 Å². The highest BCUT2D eigenvalue weighted by Crippen LogP contribution is 2.49. The van der Waals surface area contributed by atoms with Crippen LogP contribution in [0.5, 0.6) is 5.75 Å². The zero-order valence-electron chi connectivity index (χ0n) is 21.3. The van der Waals surface area contributed by atoms with E-state index >= 15 is 0 Å². The number of hydrogen-bond acceptors (Lipinski definition) is 6. The second-order valence-electron chi connectivity index (χ2n) is 10.7. The Labute approximate surface area is 217 Å². The number of fused-ring (bicyclic) bond motifs is 1. The highest BCUT2D eigenvalue weighted by Gasteiger charge is 2.41. The highest BCUT2D eigenvalue weighted by molar-refractivity contribution is 7.17. The van der Waals surface area contributed by atoms with Gasteiger partial charge >= 0.3 is 5.97 Å². The number of aromatic nitrogens is 2. The summed E-state index contributed by atoms with van der Waals surface area (Å²) in [4.78, 5) is 25.3. The molecule has 0 radical (unpaired) electrons. The van der Waals surface area contributed by atoms with Crippen LogP contribution in [0, 0.1) is 6.92 Å². The maximum Gasteiger partial charge on any atom is 0.345 e. The van der Waals surface area contributed by atoms with Gasteiger partial charge in [-0.05, 0) is 71.7 Å². The fourth-order valence-corrected chi connectivity index (χ4v) is 6.34. The van der Waals surface area contributed by atoms with E-state index in [9.17, 15) is 19.8 Å². The third kappa shape index (κ3) is 4.19. The van der Waals surface area contributed by atoms with E-state index in [0.29, 0.717) is 16.1 Å². The summed E-state index contributed by atoms with van der Waals surface area (Å²) in [5, 5.41) is 31.4. The van der Waals surface area contributed by atoms with Gasteiger partial charge < -0.3 is 10.2 Å². The second-order valence-corrected chi connectivity index (χ2v) is 11.8. The van der Waals surface area contributed by atoms with Crippen LogP contribution in [-0.2, 0) is 10.8 Å². The molecule has 0 bridgehead atoms. The first-order valence-corrected chi connectivity index (χ1v) is 12.7. The van der Waals surface area contributed by atoms with Gasteiger partial charge in [-0.1, -0.05) is 39.8 Å². The number of aromatic hydroxyl groups is 1. The predicted molar refractivity (Wildman–Crippen MR) is 144 cm³/mol. The maximum atomic E-state index is 13.3.